The second-order valence-corrected chi connectivity index (χ2v) is 5.89. The minimum Gasteiger partial charge on any atom is -0.459 e. The van der Waals surface area contributed by atoms with E-state index in [-0.39, 0.29) is 30.3 Å². The lowest BCUT2D eigenvalue weighted by Gasteiger charge is -2.27. The molecule has 1 fully saturated rings. The Morgan fingerprint density at radius 1 is 1.30 bits per heavy atom. The number of benzene rings is 1. The van der Waals surface area contributed by atoms with Crippen LogP contribution >= 0.6 is 12.4 Å². The van der Waals surface area contributed by atoms with Crippen molar-refractivity contribution in [2.24, 2.45) is 11.7 Å². The van der Waals surface area contributed by atoms with E-state index in [9.17, 15) is 4.79 Å². The average Bonchev–Trinajstić information content (AvgIpc) is 2.99. The van der Waals surface area contributed by atoms with Gasteiger partial charge in [0.2, 0.25) is 5.91 Å². The number of rotatable bonds is 4. The smallest absolute Gasteiger partial charge is 0.237 e. The van der Waals surface area contributed by atoms with Gasteiger partial charge in [-0.1, -0.05) is 18.2 Å². The van der Waals surface area contributed by atoms with E-state index in [0.29, 0.717) is 13.2 Å². The van der Waals surface area contributed by atoms with E-state index in [0.717, 1.165) is 29.6 Å². The highest BCUT2D eigenvalue weighted by Gasteiger charge is 2.27. The minimum absolute atomic E-state index is 0. The third-order valence-electron chi connectivity index (χ3n) is 4.31. The van der Waals surface area contributed by atoms with Crippen LogP contribution in [0.25, 0.3) is 11.0 Å². The second-order valence-electron chi connectivity index (χ2n) is 5.89. The number of nitrogens with two attached hydrogens (primary N) is 1. The highest BCUT2D eigenvalue weighted by Crippen LogP contribution is 2.24. The molecule has 0 saturated carbocycles. The van der Waals surface area contributed by atoms with Gasteiger partial charge in [0.15, 0.2) is 0 Å². The number of nitrogens with one attached hydrogen (secondary N) is 1. The quantitative estimate of drug-likeness (QED) is 0.898. The molecule has 3 rings (SSSR count). The molecule has 3 N–H and O–H groups in total. The van der Waals surface area contributed by atoms with Crippen molar-refractivity contribution in [2.45, 2.75) is 31.8 Å². The molecule has 1 aromatic heterocycles. The lowest BCUT2D eigenvalue weighted by molar-refractivity contribution is -0.125. The van der Waals surface area contributed by atoms with Crippen molar-refractivity contribution in [3.8, 4) is 0 Å². The van der Waals surface area contributed by atoms with E-state index in [1.54, 1.807) is 0 Å². The number of fused-ring (bicyclic) bond motifs is 1. The van der Waals surface area contributed by atoms with E-state index in [2.05, 4.69) is 5.32 Å². The van der Waals surface area contributed by atoms with Crippen LogP contribution in [0.2, 0.25) is 0 Å². The topological polar surface area (TPSA) is 77.5 Å². The number of ether oxygens (including phenoxy) is 1. The molecule has 2 heterocycles. The van der Waals surface area contributed by atoms with Gasteiger partial charge in [-0.2, -0.15) is 0 Å². The van der Waals surface area contributed by atoms with Crippen LogP contribution in [0.3, 0.4) is 0 Å². The summed E-state index contributed by atoms with van der Waals surface area (Å²) in [7, 11) is 0. The number of amides is 1. The second kappa shape index (κ2) is 7.81. The molecule has 126 valence electrons. The summed E-state index contributed by atoms with van der Waals surface area (Å²) in [5.41, 5.74) is 6.92. The van der Waals surface area contributed by atoms with Gasteiger partial charge >= 0.3 is 0 Å². The number of hydrogen-bond donors (Lipinski definition) is 2. The molecule has 5 nitrogen and oxygen atoms in total. The lowest BCUT2D eigenvalue weighted by Crippen LogP contribution is -2.47. The summed E-state index contributed by atoms with van der Waals surface area (Å²) < 4.78 is 11.1. The van der Waals surface area contributed by atoms with Gasteiger partial charge < -0.3 is 20.2 Å². The minimum atomic E-state index is -0.490. The van der Waals surface area contributed by atoms with Crippen molar-refractivity contribution in [1.29, 1.82) is 0 Å². The fraction of sp³-hybridized carbons (Fsp3) is 0.471. The first-order valence-electron chi connectivity index (χ1n) is 7.77. The van der Waals surface area contributed by atoms with E-state index in [1.807, 2.05) is 37.3 Å². The summed E-state index contributed by atoms with van der Waals surface area (Å²) in [6, 6.07) is 9.07. The van der Waals surface area contributed by atoms with Crippen LogP contribution in [0.4, 0.5) is 0 Å². The van der Waals surface area contributed by atoms with Crippen LogP contribution in [0.1, 0.15) is 31.6 Å². The molecule has 2 atom stereocenters. The summed E-state index contributed by atoms with van der Waals surface area (Å²) in [6.07, 6.45) is 1.68. The summed E-state index contributed by atoms with van der Waals surface area (Å²) in [5.74, 6) is 0.810. The first-order valence-corrected chi connectivity index (χ1v) is 7.77. The first kappa shape index (κ1) is 17.8. The van der Waals surface area contributed by atoms with Crippen molar-refractivity contribution in [1.82, 2.24) is 5.32 Å². The third kappa shape index (κ3) is 4.05. The normalized spacial score (nSPS) is 18.2. The fourth-order valence-corrected chi connectivity index (χ4v) is 2.89. The molecule has 1 aliphatic heterocycles. The van der Waals surface area contributed by atoms with Crippen LogP contribution < -0.4 is 11.1 Å². The predicted molar refractivity (Wildman–Crippen MR) is 91.5 cm³/mol. The van der Waals surface area contributed by atoms with Crippen LogP contribution in [-0.4, -0.2) is 25.2 Å². The maximum absolute atomic E-state index is 12.3. The summed E-state index contributed by atoms with van der Waals surface area (Å²) in [5, 5.41) is 3.99. The standard InChI is InChI=1S/C17H22N2O3.ClH/c1-11(15-10-13-4-2-3-5-14(13)22-15)19-17(20)16(18)12-6-8-21-9-7-12;/h2-5,10-12,16H,6-9,18H2,1H3,(H,19,20);1H. The van der Waals surface area contributed by atoms with Crippen molar-refractivity contribution >= 4 is 29.3 Å². The molecule has 0 aliphatic carbocycles. The lowest BCUT2D eigenvalue weighted by atomic mass is 9.91. The van der Waals surface area contributed by atoms with Gasteiger partial charge in [0.05, 0.1) is 12.1 Å². The van der Waals surface area contributed by atoms with Gasteiger partial charge in [0, 0.05) is 18.6 Å². The van der Waals surface area contributed by atoms with Gasteiger partial charge in [-0.25, -0.2) is 0 Å². The Bertz CT molecular complexity index is 619. The molecule has 2 unspecified atom stereocenters. The zero-order valence-corrected chi connectivity index (χ0v) is 14.0. The fourth-order valence-electron chi connectivity index (χ4n) is 2.89. The van der Waals surface area contributed by atoms with E-state index < -0.39 is 6.04 Å². The molecule has 6 heteroatoms. The highest BCUT2D eigenvalue weighted by molar-refractivity contribution is 5.85. The van der Waals surface area contributed by atoms with Crippen LogP contribution in [0.5, 0.6) is 0 Å². The van der Waals surface area contributed by atoms with E-state index in [1.165, 1.54) is 0 Å². The van der Waals surface area contributed by atoms with Gasteiger partial charge in [-0.05, 0) is 37.8 Å². The van der Waals surface area contributed by atoms with Crippen LogP contribution in [0.15, 0.2) is 34.7 Å². The third-order valence-corrected chi connectivity index (χ3v) is 4.31. The van der Waals surface area contributed by atoms with E-state index in [4.69, 9.17) is 14.9 Å². The number of carbonyl (C=O) groups is 1. The number of furan rings is 1. The molecule has 2 aromatic rings. The van der Waals surface area contributed by atoms with Gasteiger partial charge in [0.25, 0.3) is 0 Å². The largest absolute Gasteiger partial charge is 0.459 e. The van der Waals surface area contributed by atoms with Gasteiger partial charge in [-0.3, -0.25) is 4.79 Å². The Labute approximate surface area is 142 Å². The molecule has 1 saturated heterocycles. The zero-order valence-electron chi connectivity index (χ0n) is 13.2. The molecule has 0 bridgehead atoms. The first-order chi connectivity index (χ1) is 10.6. The Morgan fingerprint density at radius 2 is 2.00 bits per heavy atom. The molecule has 1 aliphatic rings. The molecule has 1 aromatic carbocycles. The zero-order chi connectivity index (χ0) is 15.5. The Balaban J connectivity index is 0.00000192. The summed E-state index contributed by atoms with van der Waals surface area (Å²) >= 11 is 0. The summed E-state index contributed by atoms with van der Waals surface area (Å²) in [6.45, 7) is 3.28. The van der Waals surface area contributed by atoms with Gasteiger partial charge in [-0.15, -0.1) is 12.4 Å². The molecular formula is C17H23ClN2O3. The molecule has 1 amide bonds. The summed E-state index contributed by atoms with van der Waals surface area (Å²) in [4.78, 5) is 12.3. The van der Waals surface area contributed by atoms with Gasteiger partial charge in [0.1, 0.15) is 11.3 Å². The van der Waals surface area contributed by atoms with Crippen molar-refractivity contribution in [2.75, 3.05) is 13.2 Å². The van der Waals surface area contributed by atoms with Crippen LogP contribution in [-0.2, 0) is 9.53 Å². The Morgan fingerprint density at radius 3 is 2.70 bits per heavy atom. The molecule has 0 spiro atoms. The van der Waals surface area contributed by atoms with Crippen molar-refractivity contribution in [3.05, 3.63) is 36.1 Å². The molecule has 23 heavy (non-hydrogen) atoms. The number of para-hydroxylation sites is 1. The molecular weight excluding hydrogens is 316 g/mol. The highest BCUT2D eigenvalue weighted by atomic mass is 35.5. The number of carbonyl (C=O) groups excluding carboxylic acids is 1. The van der Waals surface area contributed by atoms with Crippen molar-refractivity contribution < 1.29 is 13.9 Å². The number of halogens is 1. The molecule has 0 radical (unpaired) electrons. The van der Waals surface area contributed by atoms with Crippen LogP contribution in [0, 0.1) is 5.92 Å². The van der Waals surface area contributed by atoms with E-state index >= 15 is 0 Å². The maximum Gasteiger partial charge on any atom is 0.237 e. The predicted octanol–water partition coefficient (Wildman–Crippen LogP) is 2.79. The maximum atomic E-state index is 12.3. The number of hydrogen-bond acceptors (Lipinski definition) is 4. The SMILES string of the molecule is CC(NC(=O)C(N)C1CCOCC1)c1cc2ccccc2o1.Cl. The monoisotopic (exact) mass is 338 g/mol. The van der Waals surface area contributed by atoms with Crippen molar-refractivity contribution in [3.63, 3.8) is 0 Å². The Hall–Kier alpha value is -1.56. The average molecular weight is 339 g/mol. The Kier molecular flexibility index (Phi) is 6.04.